The summed E-state index contributed by atoms with van der Waals surface area (Å²) in [4.78, 5) is 43.2. The first-order valence-electron chi connectivity index (χ1n) is 9.42. The van der Waals surface area contributed by atoms with Gasteiger partial charge in [0.15, 0.2) is 0 Å². The first kappa shape index (κ1) is 19.5. The Kier molecular flexibility index (Phi) is 6.37. The van der Waals surface area contributed by atoms with Crippen LogP contribution in [-0.4, -0.2) is 47.4 Å². The number of pyridine rings is 1. The molecule has 2 aromatic rings. The Morgan fingerprint density at radius 3 is 2.54 bits per heavy atom. The average Bonchev–Trinajstić information content (AvgIpc) is 2.74. The Hall–Kier alpha value is -3.22. The van der Waals surface area contributed by atoms with Gasteiger partial charge in [0.05, 0.1) is 29.0 Å². The predicted octanol–water partition coefficient (Wildman–Crippen LogP) is 3.14. The van der Waals surface area contributed by atoms with Gasteiger partial charge >= 0.3 is 5.97 Å². The fourth-order valence-corrected chi connectivity index (χ4v) is 3.13. The van der Waals surface area contributed by atoms with Gasteiger partial charge in [0.2, 0.25) is 0 Å². The lowest BCUT2D eigenvalue weighted by Crippen LogP contribution is -2.35. The van der Waals surface area contributed by atoms with Crippen molar-refractivity contribution in [1.29, 1.82) is 0 Å². The van der Waals surface area contributed by atoms with Crippen LogP contribution in [0.25, 0.3) is 0 Å². The van der Waals surface area contributed by atoms with E-state index in [4.69, 9.17) is 4.74 Å². The molecule has 1 aromatic carbocycles. The van der Waals surface area contributed by atoms with Crippen LogP contribution in [0.5, 0.6) is 0 Å². The Labute approximate surface area is 163 Å². The van der Waals surface area contributed by atoms with E-state index in [1.165, 1.54) is 18.5 Å². The van der Waals surface area contributed by atoms with Gasteiger partial charge in [-0.25, -0.2) is 4.79 Å². The molecule has 0 saturated carbocycles. The van der Waals surface area contributed by atoms with Gasteiger partial charge in [-0.05, 0) is 44.4 Å². The van der Waals surface area contributed by atoms with Gasteiger partial charge in [0.25, 0.3) is 11.8 Å². The monoisotopic (exact) mass is 381 g/mol. The van der Waals surface area contributed by atoms with Crippen molar-refractivity contribution < 1.29 is 19.1 Å². The third kappa shape index (κ3) is 4.54. The molecule has 1 fully saturated rings. The maximum Gasteiger partial charge on any atom is 0.340 e. The zero-order valence-electron chi connectivity index (χ0n) is 15.8. The Morgan fingerprint density at radius 2 is 1.79 bits per heavy atom. The normalized spacial score (nSPS) is 13.7. The lowest BCUT2D eigenvalue weighted by molar-refractivity contribution is 0.0527. The lowest BCUT2D eigenvalue weighted by atomic mass is 10.1. The fraction of sp³-hybridized carbons (Fsp3) is 0.333. The minimum atomic E-state index is -0.509. The van der Waals surface area contributed by atoms with Crippen molar-refractivity contribution in [2.24, 2.45) is 0 Å². The molecule has 0 aliphatic carbocycles. The summed E-state index contributed by atoms with van der Waals surface area (Å²) in [6.07, 6.45) is 5.98. The highest BCUT2D eigenvalue weighted by atomic mass is 16.5. The van der Waals surface area contributed by atoms with Gasteiger partial charge in [-0.1, -0.05) is 12.1 Å². The Bertz CT molecular complexity index is 875. The van der Waals surface area contributed by atoms with E-state index in [0.29, 0.717) is 11.3 Å². The number of anilines is 1. The number of benzene rings is 1. The number of para-hydroxylation sites is 1. The summed E-state index contributed by atoms with van der Waals surface area (Å²) in [6.45, 7) is 3.41. The van der Waals surface area contributed by atoms with Gasteiger partial charge in [-0.15, -0.1) is 0 Å². The molecule has 3 rings (SSSR count). The number of hydrogen-bond acceptors (Lipinski definition) is 5. The molecule has 1 aliphatic heterocycles. The molecule has 0 bridgehead atoms. The van der Waals surface area contributed by atoms with Gasteiger partial charge < -0.3 is 15.0 Å². The summed E-state index contributed by atoms with van der Waals surface area (Å²) in [5, 5.41) is 2.71. The van der Waals surface area contributed by atoms with Gasteiger partial charge in [0.1, 0.15) is 0 Å². The van der Waals surface area contributed by atoms with E-state index in [-0.39, 0.29) is 23.6 Å². The number of carbonyl (C=O) groups excluding carboxylic acids is 3. The summed E-state index contributed by atoms with van der Waals surface area (Å²) in [6, 6.07) is 8.16. The number of amides is 2. The molecule has 1 aromatic heterocycles. The van der Waals surface area contributed by atoms with Crippen LogP contribution in [-0.2, 0) is 4.74 Å². The van der Waals surface area contributed by atoms with Crippen LogP contribution in [0.1, 0.15) is 57.3 Å². The van der Waals surface area contributed by atoms with E-state index in [1.54, 1.807) is 36.1 Å². The largest absolute Gasteiger partial charge is 0.462 e. The van der Waals surface area contributed by atoms with Crippen LogP contribution in [0.2, 0.25) is 0 Å². The van der Waals surface area contributed by atoms with E-state index < -0.39 is 11.9 Å². The van der Waals surface area contributed by atoms with Crippen LogP contribution in [0.15, 0.2) is 42.7 Å². The number of ether oxygens (including phenoxy) is 1. The number of nitrogens with zero attached hydrogens (tertiary/aromatic N) is 2. The molecule has 2 heterocycles. The number of esters is 1. The topological polar surface area (TPSA) is 88.6 Å². The zero-order valence-corrected chi connectivity index (χ0v) is 15.8. The summed E-state index contributed by atoms with van der Waals surface area (Å²) in [5.74, 6) is -1.07. The molecule has 0 atom stereocenters. The van der Waals surface area contributed by atoms with Gasteiger partial charge in [-0.2, -0.15) is 0 Å². The minimum absolute atomic E-state index is 0.117. The standard InChI is InChI=1S/C21H23N3O4/c1-2-28-21(27)17-8-4-5-9-18(17)23-19(25)15-12-16(14-22-13-15)20(26)24-10-6-3-7-11-24/h4-5,8-9,12-14H,2-3,6-7,10-11H2,1H3,(H,23,25). The molecule has 1 N–H and O–H groups in total. The molecule has 1 aliphatic rings. The fourth-order valence-electron chi connectivity index (χ4n) is 3.13. The second-order valence-corrected chi connectivity index (χ2v) is 6.54. The molecule has 0 spiro atoms. The van der Waals surface area contributed by atoms with E-state index >= 15 is 0 Å². The molecule has 0 radical (unpaired) electrons. The number of hydrogen-bond donors (Lipinski definition) is 1. The number of piperidine rings is 1. The quantitative estimate of drug-likeness (QED) is 0.804. The molecule has 7 heteroatoms. The predicted molar refractivity (Wildman–Crippen MR) is 104 cm³/mol. The maximum absolute atomic E-state index is 12.7. The van der Waals surface area contributed by atoms with Crippen LogP contribution < -0.4 is 5.32 Å². The highest BCUT2D eigenvalue weighted by Gasteiger charge is 2.20. The Morgan fingerprint density at radius 1 is 1.07 bits per heavy atom. The highest BCUT2D eigenvalue weighted by Crippen LogP contribution is 2.18. The van der Waals surface area contributed by atoms with E-state index in [9.17, 15) is 14.4 Å². The first-order valence-corrected chi connectivity index (χ1v) is 9.42. The van der Waals surface area contributed by atoms with Crippen molar-refractivity contribution in [3.05, 3.63) is 59.4 Å². The molecule has 7 nitrogen and oxygen atoms in total. The average molecular weight is 381 g/mol. The van der Waals surface area contributed by atoms with E-state index in [1.807, 2.05) is 0 Å². The molecule has 2 amide bonds. The van der Waals surface area contributed by atoms with Crippen molar-refractivity contribution in [3.63, 3.8) is 0 Å². The van der Waals surface area contributed by atoms with Gasteiger partial charge in [-0.3, -0.25) is 14.6 Å². The van der Waals surface area contributed by atoms with Crippen molar-refractivity contribution in [3.8, 4) is 0 Å². The molecule has 146 valence electrons. The second kappa shape index (κ2) is 9.12. The third-order valence-electron chi connectivity index (χ3n) is 4.56. The van der Waals surface area contributed by atoms with Crippen LogP contribution >= 0.6 is 0 Å². The zero-order chi connectivity index (χ0) is 19.9. The summed E-state index contributed by atoms with van der Waals surface area (Å²) >= 11 is 0. The van der Waals surface area contributed by atoms with E-state index in [0.717, 1.165) is 32.4 Å². The molecule has 28 heavy (non-hydrogen) atoms. The Balaban J connectivity index is 1.77. The van der Waals surface area contributed by atoms with E-state index in [2.05, 4.69) is 10.3 Å². The number of nitrogens with one attached hydrogen (secondary N) is 1. The van der Waals surface area contributed by atoms with Gasteiger partial charge in [0, 0.05) is 25.5 Å². The maximum atomic E-state index is 12.7. The van der Waals surface area contributed by atoms with Crippen LogP contribution in [0, 0.1) is 0 Å². The SMILES string of the molecule is CCOC(=O)c1ccccc1NC(=O)c1cncc(C(=O)N2CCCCC2)c1. The summed E-state index contributed by atoms with van der Waals surface area (Å²) in [7, 11) is 0. The second-order valence-electron chi connectivity index (χ2n) is 6.54. The smallest absolute Gasteiger partial charge is 0.340 e. The molecule has 0 unspecified atom stereocenters. The molecular formula is C21H23N3O4. The minimum Gasteiger partial charge on any atom is -0.462 e. The van der Waals surface area contributed by atoms with Crippen LogP contribution in [0.4, 0.5) is 5.69 Å². The van der Waals surface area contributed by atoms with Crippen molar-refractivity contribution in [2.45, 2.75) is 26.2 Å². The number of likely N-dealkylation sites (tertiary alicyclic amines) is 1. The van der Waals surface area contributed by atoms with Crippen LogP contribution in [0.3, 0.4) is 0 Å². The third-order valence-corrected chi connectivity index (χ3v) is 4.56. The lowest BCUT2D eigenvalue weighted by Gasteiger charge is -2.26. The van der Waals surface area contributed by atoms with Crippen molar-refractivity contribution >= 4 is 23.5 Å². The number of aromatic nitrogens is 1. The van der Waals surface area contributed by atoms with Crippen molar-refractivity contribution in [2.75, 3.05) is 25.0 Å². The summed E-state index contributed by atoms with van der Waals surface area (Å²) in [5.41, 5.74) is 1.25. The van der Waals surface area contributed by atoms with Crippen molar-refractivity contribution in [1.82, 2.24) is 9.88 Å². The first-order chi connectivity index (χ1) is 13.6. The molecular weight excluding hydrogens is 358 g/mol. The highest BCUT2D eigenvalue weighted by molar-refractivity contribution is 6.08. The number of rotatable bonds is 5. The summed E-state index contributed by atoms with van der Waals surface area (Å²) < 4.78 is 5.02. The number of carbonyl (C=O) groups is 3. The molecule has 1 saturated heterocycles.